The molecule has 2 aliphatic rings. The zero-order valence-corrected chi connectivity index (χ0v) is 23.1. The van der Waals surface area contributed by atoms with Crippen LogP contribution in [0.2, 0.25) is 10.0 Å². The van der Waals surface area contributed by atoms with E-state index in [9.17, 15) is 14.7 Å². The molecule has 0 spiro atoms. The maximum absolute atomic E-state index is 12.5. The molecule has 10 heteroatoms. The summed E-state index contributed by atoms with van der Waals surface area (Å²) < 4.78 is 11.6. The Balaban J connectivity index is 1.39. The Kier molecular flexibility index (Phi) is 8.09. The van der Waals surface area contributed by atoms with Crippen LogP contribution < -0.4 is 9.64 Å². The molecule has 2 aliphatic heterocycles. The quantitative estimate of drug-likeness (QED) is 0.505. The highest BCUT2D eigenvalue weighted by molar-refractivity contribution is 6.37. The van der Waals surface area contributed by atoms with E-state index in [1.165, 1.54) is 4.90 Å². The predicted molar refractivity (Wildman–Crippen MR) is 143 cm³/mol. The van der Waals surface area contributed by atoms with Crippen molar-refractivity contribution >= 4 is 41.1 Å². The second-order valence-corrected chi connectivity index (χ2v) is 11.6. The van der Waals surface area contributed by atoms with Crippen molar-refractivity contribution in [1.82, 2.24) is 9.88 Å². The number of carboxylic acids is 1. The summed E-state index contributed by atoms with van der Waals surface area (Å²) in [4.78, 5) is 32.8. The van der Waals surface area contributed by atoms with Gasteiger partial charge < -0.3 is 24.4 Å². The zero-order valence-electron chi connectivity index (χ0n) is 21.5. The van der Waals surface area contributed by atoms with E-state index in [0.717, 1.165) is 29.9 Å². The highest BCUT2D eigenvalue weighted by Crippen LogP contribution is 2.37. The summed E-state index contributed by atoms with van der Waals surface area (Å²) in [6, 6.07) is 7.52. The number of carbonyl (C=O) groups is 2. The van der Waals surface area contributed by atoms with Crippen LogP contribution in [0.1, 0.15) is 50.7 Å². The lowest BCUT2D eigenvalue weighted by Gasteiger charge is -2.37. The van der Waals surface area contributed by atoms with Crippen molar-refractivity contribution in [2.45, 2.75) is 58.2 Å². The number of carboxylic acid groups (broad SMARTS) is 1. The molecule has 1 N–H and O–H groups in total. The van der Waals surface area contributed by atoms with Crippen LogP contribution >= 0.6 is 23.2 Å². The molecule has 8 nitrogen and oxygen atoms in total. The summed E-state index contributed by atoms with van der Waals surface area (Å²) in [6.07, 6.45) is 2.52. The average molecular weight is 550 g/mol. The van der Waals surface area contributed by atoms with Crippen LogP contribution in [0.3, 0.4) is 0 Å². The van der Waals surface area contributed by atoms with Gasteiger partial charge in [0.2, 0.25) is 0 Å². The summed E-state index contributed by atoms with van der Waals surface area (Å²) >= 11 is 12.7. The summed E-state index contributed by atoms with van der Waals surface area (Å²) in [5, 5.41) is 10.9. The molecule has 4 rings (SSSR count). The van der Waals surface area contributed by atoms with E-state index >= 15 is 0 Å². The fourth-order valence-corrected chi connectivity index (χ4v) is 5.58. The van der Waals surface area contributed by atoms with Gasteiger partial charge in [0.25, 0.3) is 0 Å². The number of benzene rings is 1. The smallest absolute Gasteiger partial charge is 0.410 e. The van der Waals surface area contributed by atoms with Gasteiger partial charge in [0, 0.05) is 38.2 Å². The topological polar surface area (TPSA) is 92.2 Å². The number of aryl methyl sites for hydroxylation is 1. The number of rotatable bonds is 5. The Morgan fingerprint density at radius 1 is 1.08 bits per heavy atom. The molecule has 2 aromatic rings. The number of hydrogen-bond acceptors (Lipinski definition) is 6. The number of pyridine rings is 1. The van der Waals surface area contributed by atoms with Gasteiger partial charge in [0.05, 0.1) is 22.5 Å². The van der Waals surface area contributed by atoms with Crippen molar-refractivity contribution in [2.24, 2.45) is 5.92 Å². The number of carbonyl (C=O) groups excluding carboxylic acids is 1. The van der Waals surface area contributed by atoms with Gasteiger partial charge in [-0.05, 0) is 63.4 Å². The van der Waals surface area contributed by atoms with Gasteiger partial charge in [-0.3, -0.25) is 4.79 Å². The first-order valence-electron chi connectivity index (χ1n) is 12.4. The standard InChI is InChI=1S/C27H33Cl2N3O5/c1-16-11-21(28)24(22(29)12-16)36-18-7-9-31(14-18)23-6-5-17(13-30-23)19-8-10-32(15-20(19)25(33)34)26(35)37-27(2,3)4/h5-6,11-13,18-20H,7-10,14-15H2,1-4H3,(H,33,34)/t18-,19?,20?/m1/s1. The SMILES string of the molecule is Cc1cc(Cl)c(O[C@@H]2CCN(c3ccc(C4CCN(C(=O)OC(C)(C)C)CC4C(=O)O)cn3)C2)c(Cl)c1. The molecule has 0 saturated carbocycles. The first kappa shape index (κ1) is 27.3. The van der Waals surface area contributed by atoms with Crippen molar-refractivity contribution in [3.63, 3.8) is 0 Å². The number of anilines is 1. The zero-order chi connectivity index (χ0) is 26.9. The van der Waals surface area contributed by atoms with Crippen LogP contribution in [0.25, 0.3) is 0 Å². The third-order valence-corrected chi connectivity index (χ3v) is 7.24. The van der Waals surface area contributed by atoms with Crippen LogP contribution in [0.5, 0.6) is 5.75 Å². The van der Waals surface area contributed by atoms with Gasteiger partial charge >= 0.3 is 12.1 Å². The van der Waals surface area contributed by atoms with Gasteiger partial charge in [0.15, 0.2) is 5.75 Å². The molecule has 37 heavy (non-hydrogen) atoms. The van der Waals surface area contributed by atoms with Crippen molar-refractivity contribution in [2.75, 3.05) is 31.1 Å². The molecule has 1 amide bonds. The monoisotopic (exact) mass is 549 g/mol. The molecule has 0 aliphatic carbocycles. The fourth-order valence-electron chi connectivity index (χ4n) is 4.90. The van der Waals surface area contributed by atoms with Crippen molar-refractivity contribution in [1.29, 1.82) is 0 Å². The summed E-state index contributed by atoms with van der Waals surface area (Å²) in [6.45, 7) is 9.25. The molecule has 3 atom stereocenters. The summed E-state index contributed by atoms with van der Waals surface area (Å²) in [5.74, 6) is -0.605. The average Bonchev–Trinajstić information content (AvgIpc) is 3.29. The fraction of sp³-hybridized carbons (Fsp3) is 0.519. The van der Waals surface area contributed by atoms with Gasteiger partial charge in [0.1, 0.15) is 17.5 Å². The van der Waals surface area contributed by atoms with Crippen molar-refractivity contribution < 1.29 is 24.2 Å². The number of likely N-dealkylation sites (tertiary alicyclic amines) is 1. The molecule has 0 radical (unpaired) electrons. The predicted octanol–water partition coefficient (Wildman–Crippen LogP) is 5.78. The van der Waals surface area contributed by atoms with E-state index in [0.29, 0.717) is 35.3 Å². The number of hydrogen-bond donors (Lipinski definition) is 1. The van der Waals surface area contributed by atoms with Gasteiger partial charge in [-0.2, -0.15) is 0 Å². The molecule has 1 aromatic heterocycles. The number of amides is 1. The normalized spacial score (nSPS) is 22.2. The Hall–Kier alpha value is -2.71. The maximum Gasteiger partial charge on any atom is 0.410 e. The molecule has 2 saturated heterocycles. The number of halogens is 2. The van der Waals surface area contributed by atoms with E-state index in [2.05, 4.69) is 9.88 Å². The molecule has 1 aromatic carbocycles. The number of ether oxygens (including phenoxy) is 2. The van der Waals surface area contributed by atoms with E-state index in [1.54, 1.807) is 27.0 Å². The van der Waals surface area contributed by atoms with Crippen LogP contribution in [-0.4, -0.2) is 64.9 Å². The second kappa shape index (κ2) is 11.0. The van der Waals surface area contributed by atoms with Crippen molar-refractivity contribution in [3.8, 4) is 5.75 Å². The number of aliphatic carboxylic acids is 1. The number of nitrogens with zero attached hydrogens (tertiary/aromatic N) is 3. The van der Waals surface area contributed by atoms with Crippen LogP contribution in [0.15, 0.2) is 30.5 Å². The highest BCUT2D eigenvalue weighted by Gasteiger charge is 2.38. The van der Waals surface area contributed by atoms with E-state index in [4.69, 9.17) is 32.7 Å². The molecule has 2 unspecified atom stereocenters. The Labute approximate surface area is 227 Å². The lowest BCUT2D eigenvalue weighted by molar-refractivity contribution is -0.144. The van der Waals surface area contributed by atoms with Crippen LogP contribution in [0, 0.1) is 12.8 Å². The molecular formula is C27H33Cl2N3O5. The Morgan fingerprint density at radius 3 is 2.38 bits per heavy atom. The maximum atomic E-state index is 12.5. The first-order chi connectivity index (χ1) is 17.4. The number of piperidine rings is 1. The molecular weight excluding hydrogens is 517 g/mol. The third kappa shape index (κ3) is 6.60. The number of aromatic nitrogens is 1. The largest absolute Gasteiger partial charge is 0.485 e. The van der Waals surface area contributed by atoms with E-state index in [-0.39, 0.29) is 18.6 Å². The third-order valence-electron chi connectivity index (χ3n) is 6.68. The lowest BCUT2D eigenvalue weighted by atomic mass is 9.81. The van der Waals surface area contributed by atoms with Gasteiger partial charge in [-0.15, -0.1) is 0 Å². The first-order valence-corrected chi connectivity index (χ1v) is 13.2. The van der Waals surface area contributed by atoms with Gasteiger partial charge in [-0.1, -0.05) is 29.3 Å². The highest BCUT2D eigenvalue weighted by atomic mass is 35.5. The van der Waals surface area contributed by atoms with Crippen LogP contribution in [0.4, 0.5) is 10.6 Å². The van der Waals surface area contributed by atoms with Gasteiger partial charge in [-0.25, -0.2) is 9.78 Å². The van der Waals surface area contributed by atoms with E-state index in [1.807, 2.05) is 31.2 Å². The molecule has 0 bridgehead atoms. The minimum absolute atomic E-state index is 0.0762. The second-order valence-electron chi connectivity index (χ2n) is 10.7. The van der Waals surface area contributed by atoms with Crippen molar-refractivity contribution in [3.05, 3.63) is 51.6 Å². The van der Waals surface area contributed by atoms with Crippen LogP contribution in [-0.2, 0) is 9.53 Å². The minimum Gasteiger partial charge on any atom is -0.485 e. The molecule has 3 heterocycles. The Morgan fingerprint density at radius 2 is 1.78 bits per heavy atom. The Bertz CT molecular complexity index is 1130. The molecule has 200 valence electrons. The summed E-state index contributed by atoms with van der Waals surface area (Å²) in [7, 11) is 0. The molecule has 2 fully saturated rings. The van der Waals surface area contributed by atoms with E-state index < -0.39 is 23.6 Å². The lowest BCUT2D eigenvalue weighted by Crippen LogP contribution is -2.47. The summed E-state index contributed by atoms with van der Waals surface area (Å²) in [5.41, 5.74) is 1.19. The minimum atomic E-state index is -0.935.